The summed E-state index contributed by atoms with van der Waals surface area (Å²) in [7, 11) is 3.46. The van der Waals surface area contributed by atoms with E-state index >= 15 is 0 Å². The van der Waals surface area contributed by atoms with Gasteiger partial charge in [-0.1, -0.05) is 6.08 Å². The van der Waals surface area contributed by atoms with Gasteiger partial charge in [-0.25, -0.2) is 4.98 Å². The predicted molar refractivity (Wildman–Crippen MR) is 88.7 cm³/mol. The molecule has 0 saturated carbocycles. The Hall–Kier alpha value is -1.79. The third kappa shape index (κ3) is 2.89. The van der Waals surface area contributed by atoms with Crippen LogP contribution in [0.2, 0.25) is 0 Å². The van der Waals surface area contributed by atoms with E-state index in [0.29, 0.717) is 24.3 Å². The van der Waals surface area contributed by atoms with Crippen molar-refractivity contribution in [3.05, 3.63) is 40.1 Å². The Morgan fingerprint density at radius 3 is 2.86 bits per heavy atom. The lowest BCUT2D eigenvalue weighted by atomic mass is 10.1. The molecule has 1 aromatic carbocycles. The quantitative estimate of drug-likeness (QED) is 0.825. The highest BCUT2D eigenvalue weighted by Gasteiger charge is 2.14. The van der Waals surface area contributed by atoms with Crippen molar-refractivity contribution in [3.63, 3.8) is 0 Å². The summed E-state index contributed by atoms with van der Waals surface area (Å²) in [5.41, 5.74) is 4.08. The molecule has 1 aliphatic heterocycles. The number of halogens is 1. The van der Waals surface area contributed by atoms with E-state index in [0.717, 1.165) is 27.7 Å². The van der Waals surface area contributed by atoms with Gasteiger partial charge in [0.05, 0.1) is 30.6 Å². The van der Waals surface area contributed by atoms with Crippen LogP contribution in [-0.4, -0.2) is 48.1 Å². The van der Waals surface area contributed by atoms with E-state index in [9.17, 15) is 4.79 Å². The Morgan fingerprint density at radius 1 is 1.36 bits per heavy atom. The van der Waals surface area contributed by atoms with Gasteiger partial charge in [0.2, 0.25) is 0 Å². The van der Waals surface area contributed by atoms with Crippen LogP contribution in [0.1, 0.15) is 22.5 Å². The molecule has 2 heterocycles. The van der Waals surface area contributed by atoms with Gasteiger partial charge in [0, 0.05) is 24.1 Å². The normalized spacial score (nSPS) is 14.8. The van der Waals surface area contributed by atoms with Crippen LogP contribution >= 0.6 is 15.9 Å². The van der Waals surface area contributed by atoms with Crippen LogP contribution < -0.4 is 0 Å². The number of benzene rings is 1. The average Bonchev–Trinajstić information content (AvgIpc) is 2.54. The number of hydrogen-bond donors (Lipinski definition) is 0. The highest BCUT2D eigenvalue weighted by Crippen LogP contribution is 2.26. The largest absolute Gasteiger partial charge is 0.377 e. The molecule has 3 rings (SSSR count). The molecule has 2 aromatic rings. The Morgan fingerprint density at radius 2 is 2.18 bits per heavy atom. The Kier molecular flexibility index (Phi) is 4.22. The Balaban J connectivity index is 2.06. The van der Waals surface area contributed by atoms with Crippen molar-refractivity contribution in [2.75, 3.05) is 27.3 Å². The maximum absolute atomic E-state index is 12.1. The molecule has 0 unspecified atom stereocenters. The molecule has 0 radical (unpaired) electrons. The van der Waals surface area contributed by atoms with Crippen molar-refractivity contribution in [1.29, 1.82) is 0 Å². The fourth-order valence-electron chi connectivity index (χ4n) is 2.37. The van der Waals surface area contributed by atoms with Gasteiger partial charge < -0.3 is 9.64 Å². The van der Waals surface area contributed by atoms with Crippen molar-refractivity contribution >= 4 is 38.4 Å². The van der Waals surface area contributed by atoms with Crippen LogP contribution in [0.25, 0.3) is 16.6 Å². The molecule has 0 aliphatic carbocycles. The molecular weight excluding hydrogens is 346 g/mol. The first kappa shape index (κ1) is 15.1. The second-order valence-electron chi connectivity index (χ2n) is 5.33. The number of ether oxygens (including phenoxy) is 1. The van der Waals surface area contributed by atoms with Crippen LogP contribution in [0.3, 0.4) is 0 Å². The summed E-state index contributed by atoms with van der Waals surface area (Å²) in [4.78, 5) is 22.8. The van der Waals surface area contributed by atoms with Crippen molar-refractivity contribution in [2.24, 2.45) is 0 Å². The molecule has 5 nitrogen and oxygen atoms in total. The summed E-state index contributed by atoms with van der Waals surface area (Å²) in [6, 6.07) is 3.57. The fourth-order valence-corrected chi connectivity index (χ4v) is 2.91. The lowest BCUT2D eigenvalue weighted by molar-refractivity contribution is 0.0827. The Labute approximate surface area is 137 Å². The number of fused-ring (bicyclic) bond motifs is 1. The summed E-state index contributed by atoms with van der Waals surface area (Å²) in [6.07, 6.45) is 4.64. The van der Waals surface area contributed by atoms with Crippen LogP contribution in [0.4, 0.5) is 0 Å². The molecule has 1 aliphatic rings. The minimum Gasteiger partial charge on any atom is -0.377 e. The van der Waals surface area contributed by atoms with Gasteiger partial charge in [-0.2, -0.15) is 0 Å². The second-order valence-corrected chi connectivity index (χ2v) is 6.19. The number of carbonyl (C=O) groups excluding carboxylic acids is 1. The molecule has 0 atom stereocenters. The van der Waals surface area contributed by atoms with Crippen molar-refractivity contribution in [2.45, 2.75) is 6.42 Å². The summed E-state index contributed by atoms with van der Waals surface area (Å²) < 4.78 is 6.10. The monoisotopic (exact) mass is 361 g/mol. The van der Waals surface area contributed by atoms with E-state index in [1.807, 2.05) is 6.08 Å². The van der Waals surface area contributed by atoms with Crippen molar-refractivity contribution in [3.8, 4) is 0 Å². The average molecular weight is 362 g/mol. The highest BCUT2D eigenvalue weighted by atomic mass is 79.9. The molecule has 6 heteroatoms. The van der Waals surface area contributed by atoms with Crippen LogP contribution in [0.15, 0.2) is 28.9 Å². The number of rotatable bonds is 2. The number of nitrogens with zero attached hydrogens (tertiary/aromatic N) is 3. The van der Waals surface area contributed by atoms with Crippen LogP contribution in [0.5, 0.6) is 0 Å². The Bertz CT molecular complexity index is 771. The van der Waals surface area contributed by atoms with Gasteiger partial charge in [-0.3, -0.25) is 9.78 Å². The summed E-state index contributed by atoms with van der Waals surface area (Å²) >= 11 is 3.51. The number of amides is 1. The van der Waals surface area contributed by atoms with Crippen molar-refractivity contribution < 1.29 is 9.53 Å². The van der Waals surface area contributed by atoms with Gasteiger partial charge in [0.25, 0.3) is 5.91 Å². The second kappa shape index (κ2) is 6.14. The molecular formula is C16H16BrN3O2. The van der Waals surface area contributed by atoms with E-state index in [1.165, 1.54) is 0 Å². The minimum absolute atomic E-state index is 0.0550. The van der Waals surface area contributed by atoms with Gasteiger partial charge in [0.15, 0.2) is 0 Å². The summed E-state index contributed by atoms with van der Waals surface area (Å²) in [5.74, 6) is -0.0550. The number of aromatic nitrogens is 2. The lowest BCUT2D eigenvalue weighted by Gasteiger charge is -2.14. The van der Waals surface area contributed by atoms with E-state index < -0.39 is 0 Å². The molecule has 0 saturated heterocycles. The maximum atomic E-state index is 12.1. The summed E-state index contributed by atoms with van der Waals surface area (Å²) in [5, 5.41) is 0. The van der Waals surface area contributed by atoms with Gasteiger partial charge in [0.1, 0.15) is 5.52 Å². The molecule has 114 valence electrons. The SMILES string of the molecule is CN(C)C(=O)c1cc(Br)c2nc(C3=CCOCC3)cnc2c1. The van der Waals surface area contributed by atoms with Gasteiger partial charge in [-0.15, -0.1) is 0 Å². The molecule has 0 fully saturated rings. The van der Waals surface area contributed by atoms with E-state index in [-0.39, 0.29) is 5.91 Å². The van der Waals surface area contributed by atoms with E-state index in [4.69, 9.17) is 4.74 Å². The highest BCUT2D eigenvalue weighted by molar-refractivity contribution is 9.10. The molecule has 0 bridgehead atoms. The number of hydrogen-bond acceptors (Lipinski definition) is 4. The lowest BCUT2D eigenvalue weighted by Crippen LogP contribution is -2.21. The zero-order valence-corrected chi connectivity index (χ0v) is 14.1. The maximum Gasteiger partial charge on any atom is 0.253 e. The first-order valence-corrected chi connectivity index (χ1v) is 7.80. The van der Waals surface area contributed by atoms with Crippen molar-refractivity contribution in [1.82, 2.24) is 14.9 Å². The molecule has 1 aromatic heterocycles. The topological polar surface area (TPSA) is 55.3 Å². The third-order valence-corrected chi connectivity index (χ3v) is 4.15. The molecule has 22 heavy (non-hydrogen) atoms. The smallest absolute Gasteiger partial charge is 0.253 e. The van der Waals surface area contributed by atoms with Crippen LogP contribution in [-0.2, 0) is 4.74 Å². The molecule has 0 N–H and O–H groups in total. The first-order chi connectivity index (χ1) is 10.6. The fraction of sp³-hybridized carbons (Fsp3) is 0.312. The molecule has 1 amide bonds. The predicted octanol–water partition coefficient (Wildman–Crippen LogP) is 2.90. The van der Waals surface area contributed by atoms with E-state index in [2.05, 4.69) is 25.9 Å². The third-order valence-electron chi connectivity index (χ3n) is 3.55. The van der Waals surface area contributed by atoms with Crippen LogP contribution in [0, 0.1) is 0 Å². The standard InChI is InChI=1S/C16H16BrN3O2/c1-20(2)16(21)11-7-12(17)15-13(8-11)18-9-14(19-15)10-3-5-22-6-4-10/h3,7-9H,4-6H2,1-2H3. The first-order valence-electron chi connectivity index (χ1n) is 7.01. The number of carbonyl (C=O) groups is 1. The zero-order chi connectivity index (χ0) is 15.7. The minimum atomic E-state index is -0.0550. The zero-order valence-electron chi connectivity index (χ0n) is 12.5. The summed E-state index contributed by atoms with van der Waals surface area (Å²) in [6.45, 7) is 1.33. The van der Waals surface area contributed by atoms with Gasteiger partial charge >= 0.3 is 0 Å². The molecule has 0 spiro atoms. The van der Waals surface area contributed by atoms with Gasteiger partial charge in [-0.05, 0) is 40.1 Å². The van der Waals surface area contributed by atoms with E-state index in [1.54, 1.807) is 37.3 Å².